The first kappa shape index (κ1) is 11.0. The predicted molar refractivity (Wildman–Crippen MR) is 66.6 cm³/mol. The molecule has 0 aliphatic carbocycles. The van der Waals surface area contributed by atoms with Crippen molar-refractivity contribution in [2.75, 3.05) is 11.9 Å². The summed E-state index contributed by atoms with van der Waals surface area (Å²) in [5.74, 6) is 1.08. The lowest BCUT2D eigenvalue weighted by Crippen LogP contribution is -2.23. The highest BCUT2D eigenvalue weighted by Gasteiger charge is 2.07. The van der Waals surface area contributed by atoms with Crippen molar-refractivity contribution in [2.45, 2.75) is 25.8 Å². The van der Waals surface area contributed by atoms with Crippen LogP contribution in [-0.2, 0) is 0 Å². The second-order valence-corrected chi connectivity index (χ2v) is 3.89. The van der Waals surface area contributed by atoms with Gasteiger partial charge in [-0.25, -0.2) is 4.98 Å². The number of imidazole rings is 1. The van der Waals surface area contributed by atoms with Crippen molar-refractivity contribution in [1.82, 2.24) is 9.38 Å². The fourth-order valence-electron chi connectivity index (χ4n) is 1.85. The Balaban J connectivity index is 2.22. The van der Waals surface area contributed by atoms with Crippen LogP contribution >= 0.6 is 0 Å². The van der Waals surface area contributed by atoms with E-state index in [9.17, 15) is 0 Å². The minimum Gasteiger partial charge on any atom is -0.368 e. The molecule has 0 amide bonds. The standard InChI is InChI=1S/C12H18N4/c1-2-10(6-7-13)15-12-5-3-4-11-14-8-9-16(11)12/h3-5,8-10,15H,2,6-7,13H2,1H3. The SMILES string of the molecule is CCC(CCN)Nc1cccc2nccn12. The van der Waals surface area contributed by atoms with Crippen molar-refractivity contribution in [3.05, 3.63) is 30.6 Å². The number of hydrogen-bond acceptors (Lipinski definition) is 3. The van der Waals surface area contributed by atoms with Crippen LogP contribution in [-0.4, -0.2) is 22.0 Å². The Bertz CT molecular complexity index is 449. The predicted octanol–water partition coefficient (Wildman–Crippen LogP) is 1.87. The molecule has 4 heteroatoms. The van der Waals surface area contributed by atoms with E-state index in [2.05, 4.69) is 27.7 Å². The number of anilines is 1. The maximum atomic E-state index is 5.59. The number of nitrogens with two attached hydrogens (primary N) is 1. The fourth-order valence-corrected chi connectivity index (χ4v) is 1.85. The van der Waals surface area contributed by atoms with Gasteiger partial charge in [0.25, 0.3) is 0 Å². The molecule has 0 saturated heterocycles. The molecule has 0 bridgehead atoms. The van der Waals surface area contributed by atoms with E-state index in [1.54, 1.807) is 0 Å². The maximum Gasteiger partial charge on any atom is 0.138 e. The number of rotatable bonds is 5. The Kier molecular flexibility index (Phi) is 3.41. The zero-order valence-electron chi connectivity index (χ0n) is 9.56. The molecule has 0 fully saturated rings. The van der Waals surface area contributed by atoms with E-state index in [1.165, 1.54) is 0 Å². The van der Waals surface area contributed by atoms with Crippen LogP contribution in [0, 0.1) is 0 Å². The third-order valence-electron chi connectivity index (χ3n) is 2.79. The second-order valence-electron chi connectivity index (χ2n) is 3.89. The van der Waals surface area contributed by atoms with Gasteiger partial charge in [-0.05, 0) is 31.5 Å². The summed E-state index contributed by atoms with van der Waals surface area (Å²) >= 11 is 0. The summed E-state index contributed by atoms with van der Waals surface area (Å²) in [4.78, 5) is 4.26. The van der Waals surface area contributed by atoms with Gasteiger partial charge in [-0.2, -0.15) is 0 Å². The van der Waals surface area contributed by atoms with E-state index in [4.69, 9.17) is 5.73 Å². The van der Waals surface area contributed by atoms with Gasteiger partial charge in [0.1, 0.15) is 11.5 Å². The van der Waals surface area contributed by atoms with E-state index >= 15 is 0 Å². The molecule has 1 atom stereocenters. The minimum atomic E-state index is 0.429. The Morgan fingerprint density at radius 2 is 2.38 bits per heavy atom. The summed E-state index contributed by atoms with van der Waals surface area (Å²) in [5, 5.41) is 3.50. The third kappa shape index (κ3) is 2.17. The highest BCUT2D eigenvalue weighted by molar-refractivity contribution is 5.50. The Morgan fingerprint density at radius 1 is 1.50 bits per heavy atom. The highest BCUT2D eigenvalue weighted by Crippen LogP contribution is 2.13. The van der Waals surface area contributed by atoms with Crippen molar-refractivity contribution in [3.63, 3.8) is 0 Å². The summed E-state index contributed by atoms with van der Waals surface area (Å²) in [6.07, 6.45) is 5.83. The quantitative estimate of drug-likeness (QED) is 0.805. The molecule has 2 heterocycles. The first-order valence-electron chi connectivity index (χ1n) is 5.74. The number of nitrogens with zero attached hydrogens (tertiary/aromatic N) is 2. The van der Waals surface area contributed by atoms with Crippen LogP contribution in [0.4, 0.5) is 5.82 Å². The Labute approximate surface area is 95.5 Å². The van der Waals surface area contributed by atoms with Gasteiger partial charge in [-0.3, -0.25) is 4.40 Å². The Hall–Kier alpha value is -1.55. The summed E-state index contributed by atoms with van der Waals surface area (Å²) in [5.41, 5.74) is 6.56. The largest absolute Gasteiger partial charge is 0.368 e. The molecule has 0 aliphatic rings. The number of aromatic nitrogens is 2. The molecule has 16 heavy (non-hydrogen) atoms. The lowest BCUT2D eigenvalue weighted by atomic mass is 10.1. The zero-order valence-corrected chi connectivity index (χ0v) is 9.56. The number of fused-ring (bicyclic) bond motifs is 1. The second kappa shape index (κ2) is 4.99. The van der Waals surface area contributed by atoms with Crippen molar-refractivity contribution in [2.24, 2.45) is 5.73 Å². The summed E-state index contributed by atoms with van der Waals surface area (Å²) in [6.45, 7) is 2.88. The van der Waals surface area contributed by atoms with Crippen molar-refractivity contribution < 1.29 is 0 Å². The lowest BCUT2D eigenvalue weighted by molar-refractivity contribution is 0.638. The normalized spacial score (nSPS) is 12.9. The molecular formula is C12H18N4. The van der Waals surface area contributed by atoms with Crippen LogP contribution in [0.3, 0.4) is 0 Å². The van der Waals surface area contributed by atoms with E-state index in [0.29, 0.717) is 12.6 Å². The monoisotopic (exact) mass is 218 g/mol. The highest BCUT2D eigenvalue weighted by atomic mass is 15.1. The summed E-state index contributed by atoms with van der Waals surface area (Å²) < 4.78 is 2.05. The molecule has 0 spiro atoms. The van der Waals surface area contributed by atoms with Crippen LogP contribution in [0.2, 0.25) is 0 Å². The van der Waals surface area contributed by atoms with E-state index in [1.807, 2.05) is 24.5 Å². The topological polar surface area (TPSA) is 55.3 Å². The molecule has 0 aromatic carbocycles. The van der Waals surface area contributed by atoms with Gasteiger partial charge in [0.15, 0.2) is 0 Å². The molecule has 86 valence electrons. The van der Waals surface area contributed by atoms with Gasteiger partial charge in [-0.1, -0.05) is 13.0 Å². The fraction of sp³-hybridized carbons (Fsp3) is 0.417. The van der Waals surface area contributed by atoms with E-state index in [0.717, 1.165) is 24.3 Å². The summed E-state index contributed by atoms with van der Waals surface area (Å²) in [6, 6.07) is 6.50. The number of hydrogen-bond donors (Lipinski definition) is 2. The first-order valence-corrected chi connectivity index (χ1v) is 5.74. The molecule has 0 saturated carbocycles. The van der Waals surface area contributed by atoms with Gasteiger partial charge in [-0.15, -0.1) is 0 Å². The molecule has 4 nitrogen and oxygen atoms in total. The molecule has 2 rings (SSSR count). The lowest BCUT2D eigenvalue weighted by Gasteiger charge is -2.18. The zero-order chi connectivity index (χ0) is 11.4. The minimum absolute atomic E-state index is 0.429. The van der Waals surface area contributed by atoms with Gasteiger partial charge in [0, 0.05) is 18.4 Å². The van der Waals surface area contributed by atoms with Gasteiger partial charge in [0.05, 0.1) is 0 Å². The van der Waals surface area contributed by atoms with Crippen LogP contribution < -0.4 is 11.1 Å². The molecule has 1 unspecified atom stereocenters. The van der Waals surface area contributed by atoms with Crippen LogP contribution in [0.15, 0.2) is 30.6 Å². The molecule has 2 aromatic rings. The van der Waals surface area contributed by atoms with Crippen LogP contribution in [0.1, 0.15) is 19.8 Å². The molecular weight excluding hydrogens is 200 g/mol. The smallest absolute Gasteiger partial charge is 0.138 e. The molecule has 3 N–H and O–H groups in total. The van der Waals surface area contributed by atoms with Crippen molar-refractivity contribution in [3.8, 4) is 0 Å². The average molecular weight is 218 g/mol. The molecule has 0 aliphatic heterocycles. The molecule has 0 radical (unpaired) electrons. The number of pyridine rings is 1. The maximum absolute atomic E-state index is 5.59. The average Bonchev–Trinajstić information content (AvgIpc) is 2.77. The van der Waals surface area contributed by atoms with Crippen LogP contribution in [0.25, 0.3) is 5.65 Å². The Morgan fingerprint density at radius 3 is 3.12 bits per heavy atom. The van der Waals surface area contributed by atoms with E-state index < -0.39 is 0 Å². The molecule has 2 aromatic heterocycles. The first-order chi connectivity index (χ1) is 7.85. The summed E-state index contributed by atoms with van der Waals surface area (Å²) in [7, 11) is 0. The van der Waals surface area contributed by atoms with E-state index in [-0.39, 0.29) is 0 Å². The van der Waals surface area contributed by atoms with Gasteiger partial charge >= 0.3 is 0 Å². The van der Waals surface area contributed by atoms with Gasteiger partial charge in [0.2, 0.25) is 0 Å². The third-order valence-corrected chi connectivity index (χ3v) is 2.79. The van der Waals surface area contributed by atoms with Gasteiger partial charge < -0.3 is 11.1 Å². The van der Waals surface area contributed by atoms with Crippen LogP contribution in [0.5, 0.6) is 0 Å². The van der Waals surface area contributed by atoms with Crippen molar-refractivity contribution in [1.29, 1.82) is 0 Å². The number of nitrogens with one attached hydrogen (secondary N) is 1. The van der Waals surface area contributed by atoms with Crippen molar-refractivity contribution >= 4 is 11.5 Å².